The number of hydrogen-bond donors (Lipinski definition) is 1. The van der Waals surface area contributed by atoms with E-state index in [9.17, 15) is 18.3 Å². The van der Waals surface area contributed by atoms with Crippen molar-refractivity contribution in [1.29, 1.82) is 5.26 Å². The first-order valence-electron chi connectivity index (χ1n) is 5.97. The van der Waals surface area contributed by atoms with E-state index in [1.165, 1.54) is 6.92 Å². The Labute approximate surface area is 107 Å². The summed E-state index contributed by atoms with van der Waals surface area (Å²) in [5.41, 5.74) is -1.36. The van der Waals surface area contributed by atoms with Crippen molar-refractivity contribution in [3.8, 4) is 6.07 Å². The van der Waals surface area contributed by atoms with Gasteiger partial charge in [-0.1, -0.05) is 13.3 Å². The lowest BCUT2D eigenvalue weighted by Gasteiger charge is -2.34. The molecule has 7 heteroatoms. The summed E-state index contributed by atoms with van der Waals surface area (Å²) in [6.45, 7) is 3.29. The van der Waals surface area contributed by atoms with Crippen LogP contribution in [0.4, 0.5) is 0 Å². The number of hydrogen-bond acceptors (Lipinski definition) is 4. The minimum absolute atomic E-state index is 0.181. The zero-order valence-electron chi connectivity index (χ0n) is 10.6. The van der Waals surface area contributed by atoms with Crippen LogP contribution in [0.5, 0.6) is 0 Å². The summed E-state index contributed by atoms with van der Waals surface area (Å²) in [4.78, 5) is 11.5. The van der Waals surface area contributed by atoms with Crippen LogP contribution in [0, 0.1) is 11.3 Å². The molecule has 0 radical (unpaired) electrons. The third-order valence-electron chi connectivity index (χ3n) is 3.43. The second-order valence-electron chi connectivity index (χ2n) is 4.58. The molecule has 0 amide bonds. The number of nitrogens with zero attached hydrogens (tertiary/aromatic N) is 2. The van der Waals surface area contributed by atoms with E-state index in [1.807, 2.05) is 6.92 Å². The van der Waals surface area contributed by atoms with E-state index >= 15 is 0 Å². The van der Waals surface area contributed by atoms with E-state index in [-0.39, 0.29) is 13.0 Å². The maximum absolute atomic E-state index is 12.2. The van der Waals surface area contributed by atoms with Gasteiger partial charge in [0.25, 0.3) is 0 Å². The van der Waals surface area contributed by atoms with E-state index in [0.29, 0.717) is 19.3 Å². The number of carboxylic acids is 1. The number of rotatable bonds is 5. The van der Waals surface area contributed by atoms with E-state index in [0.717, 1.165) is 4.31 Å². The second-order valence-corrected chi connectivity index (χ2v) is 6.76. The largest absolute Gasteiger partial charge is 0.480 e. The van der Waals surface area contributed by atoms with E-state index in [4.69, 9.17) is 5.26 Å². The Balaban J connectivity index is 3.23. The second kappa shape index (κ2) is 5.24. The maximum atomic E-state index is 12.2. The summed E-state index contributed by atoms with van der Waals surface area (Å²) < 4.78 is 25.4. The number of carboxylic acid groups (broad SMARTS) is 1. The zero-order valence-corrected chi connectivity index (χ0v) is 11.4. The number of sulfonamides is 1. The lowest BCUT2D eigenvalue weighted by molar-refractivity contribution is -0.147. The van der Waals surface area contributed by atoms with Crippen molar-refractivity contribution in [2.75, 3.05) is 6.54 Å². The molecule has 6 nitrogen and oxygen atoms in total. The van der Waals surface area contributed by atoms with Crippen LogP contribution >= 0.6 is 0 Å². The zero-order chi connectivity index (χ0) is 14.0. The fourth-order valence-electron chi connectivity index (χ4n) is 2.47. The molecule has 1 aliphatic heterocycles. The lowest BCUT2D eigenvalue weighted by atomic mass is 9.92. The summed E-state index contributed by atoms with van der Waals surface area (Å²) in [6.07, 6.45) is 1.69. The molecule has 0 aromatic carbocycles. The lowest BCUT2D eigenvalue weighted by Crippen LogP contribution is -2.54. The van der Waals surface area contributed by atoms with Crippen LogP contribution in [0.15, 0.2) is 0 Å². The minimum atomic E-state index is -3.87. The van der Waals surface area contributed by atoms with Crippen molar-refractivity contribution in [1.82, 2.24) is 4.31 Å². The third kappa shape index (κ3) is 2.22. The Kier molecular flexibility index (Phi) is 4.35. The fourth-order valence-corrected chi connectivity index (χ4v) is 4.11. The summed E-state index contributed by atoms with van der Waals surface area (Å²) in [7, 11) is -3.87. The monoisotopic (exact) mass is 274 g/mol. The van der Waals surface area contributed by atoms with Gasteiger partial charge in [-0.2, -0.15) is 9.57 Å². The van der Waals surface area contributed by atoms with Gasteiger partial charge in [0.05, 0.1) is 6.07 Å². The van der Waals surface area contributed by atoms with Crippen LogP contribution < -0.4 is 0 Å². The molecular formula is C11H18N2O4S. The number of aliphatic carboxylic acids is 1. The summed E-state index contributed by atoms with van der Waals surface area (Å²) in [5, 5.41) is 16.9. The molecule has 0 bridgehead atoms. The van der Waals surface area contributed by atoms with E-state index in [1.54, 1.807) is 6.07 Å². The topological polar surface area (TPSA) is 98.5 Å². The molecule has 102 valence electrons. The molecule has 1 heterocycles. The van der Waals surface area contributed by atoms with Crippen molar-refractivity contribution >= 4 is 16.0 Å². The third-order valence-corrected chi connectivity index (χ3v) is 5.57. The molecule has 2 unspecified atom stereocenters. The Bertz CT molecular complexity index is 468. The molecular weight excluding hydrogens is 256 g/mol. The van der Waals surface area contributed by atoms with Crippen LogP contribution in [0.25, 0.3) is 0 Å². The van der Waals surface area contributed by atoms with Crippen LogP contribution in [0.1, 0.15) is 39.5 Å². The highest BCUT2D eigenvalue weighted by atomic mass is 32.2. The minimum Gasteiger partial charge on any atom is -0.480 e. The highest BCUT2D eigenvalue weighted by Crippen LogP contribution is 2.37. The molecule has 1 rings (SSSR count). The molecule has 18 heavy (non-hydrogen) atoms. The molecule has 1 aliphatic rings. The highest BCUT2D eigenvalue weighted by Gasteiger charge is 2.53. The van der Waals surface area contributed by atoms with Gasteiger partial charge in [-0.25, -0.2) is 8.42 Å². The first kappa shape index (κ1) is 14.9. The molecule has 2 atom stereocenters. The van der Waals surface area contributed by atoms with Gasteiger partial charge in [0.2, 0.25) is 10.0 Å². The van der Waals surface area contributed by atoms with Gasteiger partial charge in [-0.05, 0) is 26.2 Å². The van der Waals surface area contributed by atoms with Crippen molar-refractivity contribution in [3.63, 3.8) is 0 Å². The molecule has 1 N–H and O–H groups in total. The van der Waals surface area contributed by atoms with E-state index in [2.05, 4.69) is 0 Å². The van der Waals surface area contributed by atoms with Crippen molar-refractivity contribution < 1.29 is 18.3 Å². The fraction of sp³-hybridized carbons (Fsp3) is 0.818. The molecule has 0 aromatic heterocycles. The molecule has 0 aromatic rings. The van der Waals surface area contributed by atoms with Crippen LogP contribution in [-0.2, 0) is 14.8 Å². The normalized spacial score (nSPS) is 26.7. The van der Waals surface area contributed by atoms with Crippen LogP contribution in [-0.4, -0.2) is 41.1 Å². The molecule has 1 saturated heterocycles. The van der Waals surface area contributed by atoms with Crippen molar-refractivity contribution in [2.24, 2.45) is 0 Å². The highest BCUT2D eigenvalue weighted by molar-refractivity contribution is 7.90. The van der Waals surface area contributed by atoms with Gasteiger partial charge in [-0.3, -0.25) is 4.79 Å². The molecule has 0 spiro atoms. The van der Waals surface area contributed by atoms with Crippen molar-refractivity contribution in [2.45, 2.75) is 50.3 Å². The average molecular weight is 274 g/mol. The van der Waals surface area contributed by atoms with Gasteiger partial charge >= 0.3 is 5.97 Å². The predicted molar refractivity (Wildman–Crippen MR) is 65.2 cm³/mol. The van der Waals surface area contributed by atoms with Crippen molar-refractivity contribution in [3.05, 3.63) is 0 Å². The van der Waals surface area contributed by atoms with Gasteiger partial charge in [-0.15, -0.1) is 0 Å². The number of carbonyl (C=O) groups is 1. The Hall–Kier alpha value is -1.13. The first-order chi connectivity index (χ1) is 8.32. The number of nitriles is 1. The first-order valence-corrected chi connectivity index (χ1v) is 7.48. The summed E-state index contributed by atoms with van der Waals surface area (Å²) in [6, 6.07) is 1.68. The quantitative estimate of drug-likeness (QED) is 0.804. The SMILES string of the molecule is CCCC1(C(=O)O)CCCN1S(=O)(=O)C(C)C#N. The maximum Gasteiger partial charge on any atom is 0.325 e. The molecule has 1 fully saturated rings. The average Bonchev–Trinajstić information content (AvgIpc) is 2.74. The van der Waals surface area contributed by atoms with Crippen LogP contribution in [0.2, 0.25) is 0 Å². The van der Waals surface area contributed by atoms with Gasteiger partial charge in [0, 0.05) is 6.54 Å². The Morgan fingerprint density at radius 1 is 1.61 bits per heavy atom. The summed E-state index contributed by atoms with van der Waals surface area (Å²) in [5.74, 6) is -1.12. The smallest absolute Gasteiger partial charge is 0.325 e. The standard InChI is InChI=1S/C11H18N2O4S/c1-3-5-11(10(14)15)6-4-7-13(11)18(16,17)9(2)8-12/h9H,3-7H2,1-2H3,(H,14,15). The predicted octanol–water partition coefficient (Wildman–Crippen LogP) is 0.948. The van der Waals surface area contributed by atoms with Gasteiger partial charge < -0.3 is 5.11 Å². The Morgan fingerprint density at radius 2 is 2.22 bits per heavy atom. The Morgan fingerprint density at radius 3 is 2.67 bits per heavy atom. The van der Waals surface area contributed by atoms with Gasteiger partial charge in [0.1, 0.15) is 5.54 Å². The molecule has 0 saturated carbocycles. The van der Waals surface area contributed by atoms with Gasteiger partial charge in [0.15, 0.2) is 5.25 Å². The molecule has 0 aliphatic carbocycles. The summed E-state index contributed by atoms with van der Waals surface area (Å²) >= 11 is 0. The van der Waals surface area contributed by atoms with Crippen LogP contribution in [0.3, 0.4) is 0 Å². The van der Waals surface area contributed by atoms with E-state index < -0.39 is 26.8 Å².